The molecule has 1 amide bonds. The van der Waals surface area contributed by atoms with E-state index in [9.17, 15) is 4.79 Å². The van der Waals surface area contributed by atoms with Crippen molar-refractivity contribution in [3.8, 4) is 5.75 Å². The smallest absolute Gasteiger partial charge is 0.237 e. The Bertz CT molecular complexity index is 657. The quantitative estimate of drug-likeness (QED) is 0.724. The van der Waals surface area contributed by atoms with Crippen molar-refractivity contribution in [2.45, 2.75) is 31.7 Å². The molecule has 25 heavy (non-hydrogen) atoms. The molecule has 3 rings (SSSR count). The zero-order chi connectivity index (χ0) is 17.9. The van der Waals surface area contributed by atoms with Crippen molar-refractivity contribution < 1.29 is 14.6 Å². The Labute approximate surface area is 148 Å². The maximum atomic E-state index is 11.5. The highest BCUT2D eigenvalue weighted by Gasteiger charge is 2.19. The van der Waals surface area contributed by atoms with Crippen LogP contribution in [0, 0.1) is 0 Å². The third-order valence-electron chi connectivity index (χ3n) is 4.08. The largest absolute Gasteiger partial charge is 0.508 e. The molecule has 1 aromatic carbocycles. The van der Waals surface area contributed by atoms with Crippen LogP contribution in [-0.4, -0.2) is 48.8 Å². The number of methoxy groups -OCH3 is 1. The molecule has 1 unspecified atom stereocenters. The number of amides is 1. The Morgan fingerprint density at radius 1 is 1.36 bits per heavy atom. The molecule has 1 aliphatic heterocycles. The van der Waals surface area contributed by atoms with E-state index in [0.29, 0.717) is 18.9 Å². The Hall–Kier alpha value is -2.18. The third kappa shape index (κ3) is 6.68. The summed E-state index contributed by atoms with van der Waals surface area (Å²) in [6.07, 6.45) is 7.68. The number of hydrogen-bond acceptors (Lipinski definition) is 5. The predicted octanol–water partition coefficient (Wildman–Crippen LogP) is 2.22. The van der Waals surface area contributed by atoms with Crippen molar-refractivity contribution in [1.29, 1.82) is 0 Å². The van der Waals surface area contributed by atoms with Crippen LogP contribution in [0.1, 0.15) is 25.7 Å². The molecule has 136 valence electrons. The minimum absolute atomic E-state index is 0.0336. The molecule has 0 bridgehead atoms. The van der Waals surface area contributed by atoms with Crippen LogP contribution in [0.3, 0.4) is 0 Å². The normalized spacial score (nSPS) is 16.8. The van der Waals surface area contributed by atoms with Crippen LogP contribution >= 0.6 is 0 Å². The molecule has 2 heterocycles. The summed E-state index contributed by atoms with van der Waals surface area (Å²) in [6, 6.07) is 7.12. The van der Waals surface area contributed by atoms with Gasteiger partial charge in [0.15, 0.2) is 0 Å². The minimum atomic E-state index is 0.0336. The highest BCUT2D eigenvalue weighted by atomic mass is 16.5. The fourth-order valence-corrected chi connectivity index (χ4v) is 2.70. The number of benzene rings is 1. The molecule has 1 atom stereocenters. The number of nitrogens with zero attached hydrogens (tertiary/aromatic N) is 1. The van der Waals surface area contributed by atoms with Gasteiger partial charge in [0.1, 0.15) is 5.75 Å². The highest BCUT2D eigenvalue weighted by Crippen LogP contribution is 2.17. The van der Waals surface area contributed by atoms with Gasteiger partial charge >= 0.3 is 0 Å². The average Bonchev–Trinajstić information content (AvgIpc) is 2.66. The molecule has 6 nitrogen and oxygen atoms in total. The summed E-state index contributed by atoms with van der Waals surface area (Å²) >= 11 is 0. The first-order valence-electron chi connectivity index (χ1n) is 8.73. The van der Waals surface area contributed by atoms with Gasteiger partial charge in [0.25, 0.3) is 0 Å². The first-order valence-corrected chi connectivity index (χ1v) is 8.73. The number of carbonyl (C=O) groups excluding carboxylic acids is 1. The van der Waals surface area contributed by atoms with Gasteiger partial charge in [-0.2, -0.15) is 0 Å². The third-order valence-corrected chi connectivity index (χ3v) is 4.08. The van der Waals surface area contributed by atoms with Gasteiger partial charge in [0.2, 0.25) is 5.91 Å². The first kappa shape index (κ1) is 19.1. The summed E-state index contributed by atoms with van der Waals surface area (Å²) in [5.41, 5.74) is 0. The molecule has 0 saturated carbocycles. The SMILES string of the molecule is COCCCNC(=O)C1CCCCN1.Oc1ccc2cnccc2c1. The zero-order valence-electron chi connectivity index (χ0n) is 14.7. The number of fused-ring (bicyclic) bond motifs is 1. The van der Waals surface area contributed by atoms with E-state index in [4.69, 9.17) is 9.84 Å². The number of hydrogen-bond donors (Lipinski definition) is 3. The van der Waals surface area contributed by atoms with Crippen LogP contribution in [0.2, 0.25) is 0 Å². The van der Waals surface area contributed by atoms with Gasteiger partial charge in [0, 0.05) is 38.0 Å². The number of pyridine rings is 1. The van der Waals surface area contributed by atoms with Crippen LogP contribution in [0.5, 0.6) is 5.75 Å². The molecule has 2 aromatic rings. The Morgan fingerprint density at radius 2 is 2.24 bits per heavy atom. The van der Waals surface area contributed by atoms with Crippen molar-refractivity contribution in [3.63, 3.8) is 0 Å². The van der Waals surface area contributed by atoms with E-state index in [-0.39, 0.29) is 11.9 Å². The van der Waals surface area contributed by atoms with Gasteiger partial charge in [-0.1, -0.05) is 6.42 Å². The number of carbonyl (C=O) groups is 1. The van der Waals surface area contributed by atoms with Crippen LogP contribution < -0.4 is 10.6 Å². The second kappa shape index (κ2) is 10.6. The number of aromatic hydroxyl groups is 1. The van der Waals surface area contributed by atoms with Crippen LogP contribution in [0.25, 0.3) is 10.8 Å². The first-order chi connectivity index (χ1) is 12.2. The molecule has 3 N–H and O–H groups in total. The van der Waals surface area contributed by atoms with Crippen LogP contribution in [0.4, 0.5) is 0 Å². The molecule has 1 saturated heterocycles. The van der Waals surface area contributed by atoms with Gasteiger partial charge in [0.05, 0.1) is 6.04 Å². The van der Waals surface area contributed by atoms with E-state index >= 15 is 0 Å². The Balaban J connectivity index is 0.000000185. The number of phenols is 1. The standard InChI is InChI=1S/C10H20N2O2.C9H7NO/c1-14-8-4-7-12-10(13)9-5-2-3-6-11-9;11-9-2-1-8-6-10-4-3-7(8)5-9/h9,11H,2-8H2,1H3,(H,12,13);1-6,11H. The summed E-state index contributed by atoms with van der Waals surface area (Å²) in [5, 5.41) is 17.3. The Kier molecular flexibility index (Phi) is 8.15. The molecular formula is C19H27N3O3. The fourth-order valence-electron chi connectivity index (χ4n) is 2.70. The molecule has 1 aromatic heterocycles. The highest BCUT2D eigenvalue weighted by molar-refractivity contribution is 5.82. The lowest BCUT2D eigenvalue weighted by Gasteiger charge is -2.22. The zero-order valence-corrected chi connectivity index (χ0v) is 14.7. The lowest BCUT2D eigenvalue weighted by atomic mass is 10.0. The average molecular weight is 345 g/mol. The molecule has 0 radical (unpaired) electrons. The molecule has 1 aliphatic rings. The van der Waals surface area contributed by atoms with Crippen molar-refractivity contribution in [1.82, 2.24) is 15.6 Å². The van der Waals surface area contributed by atoms with Crippen molar-refractivity contribution in [2.24, 2.45) is 0 Å². The van der Waals surface area contributed by atoms with Crippen molar-refractivity contribution in [3.05, 3.63) is 36.7 Å². The van der Waals surface area contributed by atoms with E-state index in [1.807, 2.05) is 12.1 Å². The molecule has 6 heteroatoms. The number of piperidine rings is 1. The van der Waals surface area contributed by atoms with Crippen LogP contribution in [0.15, 0.2) is 36.7 Å². The second-order valence-corrected chi connectivity index (χ2v) is 6.05. The number of aromatic nitrogens is 1. The lowest BCUT2D eigenvalue weighted by molar-refractivity contribution is -0.123. The molecule has 0 aliphatic carbocycles. The van der Waals surface area contributed by atoms with Gasteiger partial charge in [-0.25, -0.2) is 0 Å². The van der Waals surface area contributed by atoms with Crippen molar-refractivity contribution in [2.75, 3.05) is 26.8 Å². The van der Waals surface area contributed by atoms with Gasteiger partial charge in [-0.15, -0.1) is 0 Å². The number of nitrogens with one attached hydrogen (secondary N) is 2. The Morgan fingerprint density at radius 3 is 3.00 bits per heavy atom. The molecule has 0 spiro atoms. The molecular weight excluding hydrogens is 318 g/mol. The van der Waals surface area contributed by atoms with Gasteiger partial charge in [-0.3, -0.25) is 9.78 Å². The number of ether oxygens (including phenoxy) is 1. The summed E-state index contributed by atoms with van der Waals surface area (Å²) in [7, 11) is 1.67. The van der Waals surface area contributed by atoms with E-state index in [1.165, 1.54) is 6.42 Å². The van der Waals surface area contributed by atoms with Crippen LogP contribution in [-0.2, 0) is 9.53 Å². The minimum Gasteiger partial charge on any atom is -0.508 e. The molecule has 1 fully saturated rings. The fraction of sp³-hybridized carbons (Fsp3) is 0.474. The maximum absolute atomic E-state index is 11.5. The summed E-state index contributed by atoms with van der Waals surface area (Å²) in [4.78, 5) is 15.5. The topological polar surface area (TPSA) is 83.5 Å². The predicted molar refractivity (Wildman–Crippen MR) is 98.6 cm³/mol. The lowest BCUT2D eigenvalue weighted by Crippen LogP contribution is -2.46. The number of phenolic OH excluding ortho intramolecular Hbond substituents is 1. The van der Waals surface area contributed by atoms with E-state index in [1.54, 1.807) is 31.6 Å². The summed E-state index contributed by atoms with van der Waals surface area (Å²) in [5.74, 6) is 0.435. The summed E-state index contributed by atoms with van der Waals surface area (Å²) < 4.78 is 4.90. The van der Waals surface area contributed by atoms with Gasteiger partial charge < -0.3 is 20.5 Å². The number of rotatable bonds is 5. The second-order valence-electron chi connectivity index (χ2n) is 6.05. The summed E-state index contributed by atoms with van der Waals surface area (Å²) in [6.45, 7) is 2.39. The monoisotopic (exact) mass is 345 g/mol. The van der Waals surface area contributed by atoms with Gasteiger partial charge in [-0.05, 0) is 55.5 Å². The van der Waals surface area contributed by atoms with E-state index in [0.717, 1.165) is 36.6 Å². The van der Waals surface area contributed by atoms with E-state index < -0.39 is 0 Å². The maximum Gasteiger partial charge on any atom is 0.237 e. The van der Waals surface area contributed by atoms with E-state index in [2.05, 4.69) is 15.6 Å². The van der Waals surface area contributed by atoms with Crippen molar-refractivity contribution >= 4 is 16.7 Å².